The molecular formula is C16H20N4OS. The van der Waals surface area contributed by atoms with Gasteiger partial charge in [-0.25, -0.2) is 0 Å². The molecule has 0 saturated heterocycles. The number of hydrogen-bond acceptors (Lipinski definition) is 3. The Kier molecular flexibility index (Phi) is 5.27. The topological polar surface area (TPSA) is 59.0 Å². The van der Waals surface area contributed by atoms with Crippen molar-refractivity contribution < 1.29 is 4.79 Å². The second-order valence-corrected chi connectivity index (χ2v) is 5.42. The lowest BCUT2D eigenvalue weighted by molar-refractivity contribution is 0.101. The summed E-state index contributed by atoms with van der Waals surface area (Å²) in [5.41, 5.74) is 3.80. The highest BCUT2D eigenvalue weighted by molar-refractivity contribution is 7.80. The van der Waals surface area contributed by atoms with E-state index in [1.54, 1.807) is 19.1 Å². The Labute approximate surface area is 135 Å². The second-order valence-electron chi connectivity index (χ2n) is 5.01. The number of thiocarbonyl (C=S) groups is 1. The van der Waals surface area contributed by atoms with Crippen LogP contribution in [0, 0.1) is 6.92 Å². The third kappa shape index (κ3) is 3.92. The number of Topliss-reactive ketones (excluding diaryl/α,β-unsaturated/α-hetero) is 1. The van der Waals surface area contributed by atoms with Gasteiger partial charge >= 0.3 is 0 Å². The summed E-state index contributed by atoms with van der Waals surface area (Å²) >= 11 is 5.28. The van der Waals surface area contributed by atoms with E-state index in [0.717, 1.165) is 23.5 Å². The minimum Gasteiger partial charge on any atom is -0.358 e. The van der Waals surface area contributed by atoms with Crippen molar-refractivity contribution in [3.63, 3.8) is 0 Å². The van der Waals surface area contributed by atoms with Gasteiger partial charge in [-0.2, -0.15) is 5.10 Å². The van der Waals surface area contributed by atoms with Gasteiger partial charge < -0.3 is 10.6 Å². The van der Waals surface area contributed by atoms with Crippen LogP contribution in [0.2, 0.25) is 0 Å². The van der Waals surface area contributed by atoms with Gasteiger partial charge in [-0.15, -0.1) is 0 Å². The van der Waals surface area contributed by atoms with Crippen molar-refractivity contribution in [1.82, 2.24) is 15.1 Å². The van der Waals surface area contributed by atoms with Gasteiger partial charge in [-0.3, -0.25) is 9.48 Å². The van der Waals surface area contributed by atoms with Crippen LogP contribution in [-0.2, 0) is 13.1 Å². The average Bonchev–Trinajstić information content (AvgIpc) is 2.86. The molecule has 2 rings (SSSR count). The molecule has 0 atom stereocenters. The average molecular weight is 316 g/mol. The first-order valence-electron chi connectivity index (χ1n) is 7.18. The number of aryl methyl sites for hydroxylation is 1. The van der Waals surface area contributed by atoms with Crippen LogP contribution in [0.15, 0.2) is 30.5 Å². The largest absolute Gasteiger partial charge is 0.358 e. The van der Waals surface area contributed by atoms with Gasteiger partial charge in [0.15, 0.2) is 10.9 Å². The fourth-order valence-corrected chi connectivity index (χ4v) is 2.31. The summed E-state index contributed by atoms with van der Waals surface area (Å²) in [7, 11) is 0. The Bertz CT molecular complexity index is 676. The predicted molar refractivity (Wildman–Crippen MR) is 92.1 cm³/mol. The fourth-order valence-electron chi connectivity index (χ4n) is 2.12. The number of benzene rings is 1. The molecule has 0 fully saturated rings. The van der Waals surface area contributed by atoms with Crippen LogP contribution in [0.5, 0.6) is 0 Å². The zero-order valence-electron chi connectivity index (χ0n) is 13.0. The molecule has 1 heterocycles. The molecule has 0 saturated carbocycles. The molecule has 0 spiro atoms. The SMILES string of the molecule is CCn1ncc(CNC(=S)Nc2ccc(C(C)=O)cc2)c1C. The zero-order valence-corrected chi connectivity index (χ0v) is 13.8. The Hall–Kier alpha value is -2.21. The van der Waals surface area contributed by atoms with E-state index in [0.29, 0.717) is 17.2 Å². The van der Waals surface area contributed by atoms with Crippen LogP contribution in [0.4, 0.5) is 5.69 Å². The highest BCUT2D eigenvalue weighted by atomic mass is 32.1. The first-order chi connectivity index (χ1) is 10.5. The lowest BCUT2D eigenvalue weighted by Gasteiger charge is -2.10. The van der Waals surface area contributed by atoms with Crippen molar-refractivity contribution in [1.29, 1.82) is 0 Å². The molecule has 0 unspecified atom stereocenters. The zero-order chi connectivity index (χ0) is 16.1. The Balaban J connectivity index is 1.90. The molecule has 5 nitrogen and oxygen atoms in total. The molecule has 0 aliphatic carbocycles. The van der Waals surface area contributed by atoms with Gasteiger partial charge in [-0.05, 0) is 57.3 Å². The number of anilines is 1. The summed E-state index contributed by atoms with van der Waals surface area (Å²) in [5.74, 6) is 0.0515. The maximum atomic E-state index is 11.2. The van der Waals surface area contributed by atoms with E-state index >= 15 is 0 Å². The van der Waals surface area contributed by atoms with Crippen molar-refractivity contribution in [2.75, 3.05) is 5.32 Å². The summed E-state index contributed by atoms with van der Waals surface area (Å²) < 4.78 is 1.95. The number of aromatic nitrogens is 2. The van der Waals surface area contributed by atoms with Gasteiger partial charge in [0, 0.05) is 35.6 Å². The van der Waals surface area contributed by atoms with Gasteiger partial charge in [-0.1, -0.05) is 0 Å². The van der Waals surface area contributed by atoms with Crippen molar-refractivity contribution in [2.24, 2.45) is 0 Å². The third-order valence-electron chi connectivity index (χ3n) is 3.49. The van der Waals surface area contributed by atoms with E-state index in [4.69, 9.17) is 12.2 Å². The molecule has 6 heteroatoms. The van der Waals surface area contributed by atoms with Gasteiger partial charge in [0.1, 0.15) is 0 Å². The number of ketones is 1. The predicted octanol–water partition coefficient (Wildman–Crippen LogP) is 2.90. The standard InChI is InChI=1S/C16H20N4OS/c1-4-20-11(2)14(10-18-20)9-17-16(22)19-15-7-5-13(6-8-15)12(3)21/h5-8,10H,4,9H2,1-3H3,(H2,17,19,22). The maximum absolute atomic E-state index is 11.2. The van der Waals surface area contributed by atoms with E-state index in [2.05, 4.69) is 22.7 Å². The van der Waals surface area contributed by atoms with Crippen LogP contribution < -0.4 is 10.6 Å². The third-order valence-corrected chi connectivity index (χ3v) is 3.74. The van der Waals surface area contributed by atoms with Crippen LogP contribution in [0.3, 0.4) is 0 Å². The van der Waals surface area contributed by atoms with Crippen LogP contribution in [0.25, 0.3) is 0 Å². The van der Waals surface area contributed by atoms with E-state index in [1.165, 1.54) is 0 Å². The fraction of sp³-hybridized carbons (Fsp3) is 0.312. The summed E-state index contributed by atoms with van der Waals surface area (Å²) in [5, 5.41) is 11.1. The number of carbonyl (C=O) groups is 1. The maximum Gasteiger partial charge on any atom is 0.171 e. The molecule has 1 aromatic heterocycles. The van der Waals surface area contributed by atoms with Crippen LogP contribution in [-0.4, -0.2) is 20.7 Å². The smallest absolute Gasteiger partial charge is 0.171 e. The molecule has 0 amide bonds. The van der Waals surface area contributed by atoms with Gasteiger partial charge in [0.2, 0.25) is 0 Å². The van der Waals surface area contributed by atoms with Gasteiger partial charge in [0.05, 0.1) is 6.20 Å². The van der Waals surface area contributed by atoms with E-state index < -0.39 is 0 Å². The van der Waals surface area contributed by atoms with Crippen LogP contribution >= 0.6 is 12.2 Å². The van der Waals surface area contributed by atoms with E-state index in [-0.39, 0.29) is 5.78 Å². The number of nitrogens with zero attached hydrogens (tertiary/aromatic N) is 2. The van der Waals surface area contributed by atoms with E-state index in [9.17, 15) is 4.79 Å². The molecule has 0 radical (unpaired) electrons. The Morgan fingerprint density at radius 1 is 1.32 bits per heavy atom. The lowest BCUT2D eigenvalue weighted by atomic mass is 10.1. The second kappa shape index (κ2) is 7.17. The highest BCUT2D eigenvalue weighted by Gasteiger charge is 2.06. The number of rotatable bonds is 5. The minimum atomic E-state index is 0.0515. The summed E-state index contributed by atoms with van der Waals surface area (Å²) in [6.45, 7) is 7.15. The molecule has 2 N–H and O–H groups in total. The normalized spacial score (nSPS) is 10.3. The van der Waals surface area contributed by atoms with Crippen molar-refractivity contribution in [3.05, 3.63) is 47.3 Å². The van der Waals surface area contributed by atoms with E-state index in [1.807, 2.05) is 29.9 Å². The Morgan fingerprint density at radius 2 is 2.00 bits per heavy atom. The van der Waals surface area contributed by atoms with Crippen molar-refractivity contribution in [3.8, 4) is 0 Å². The Morgan fingerprint density at radius 3 is 2.55 bits per heavy atom. The number of nitrogens with one attached hydrogen (secondary N) is 2. The molecule has 0 aliphatic heterocycles. The van der Waals surface area contributed by atoms with Crippen molar-refractivity contribution in [2.45, 2.75) is 33.9 Å². The number of carbonyl (C=O) groups excluding carboxylic acids is 1. The monoisotopic (exact) mass is 316 g/mol. The summed E-state index contributed by atoms with van der Waals surface area (Å²) in [4.78, 5) is 11.2. The first kappa shape index (κ1) is 16.2. The quantitative estimate of drug-likeness (QED) is 0.656. The summed E-state index contributed by atoms with van der Waals surface area (Å²) in [6, 6.07) is 7.24. The summed E-state index contributed by atoms with van der Waals surface area (Å²) in [6.07, 6.45) is 1.86. The molecule has 0 bridgehead atoms. The molecule has 2 aromatic rings. The number of hydrogen-bond donors (Lipinski definition) is 2. The highest BCUT2D eigenvalue weighted by Crippen LogP contribution is 2.10. The van der Waals surface area contributed by atoms with Crippen LogP contribution in [0.1, 0.15) is 35.5 Å². The minimum absolute atomic E-state index is 0.0515. The van der Waals surface area contributed by atoms with Crippen molar-refractivity contribution >= 4 is 28.8 Å². The molecular weight excluding hydrogens is 296 g/mol. The molecule has 116 valence electrons. The lowest BCUT2D eigenvalue weighted by Crippen LogP contribution is -2.28. The molecule has 0 aliphatic rings. The van der Waals surface area contributed by atoms with Gasteiger partial charge in [0.25, 0.3) is 0 Å². The molecule has 1 aromatic carbocycles. The molecule has 22 heavy (non-hydrogen) atoms. The first-order valence-corrected chi connectivity index (χ1v) is 7.59.